The van der Waals surface area contributed by atoms with E-state index in [-0.39, 0.29) is 29.2 Å². The van der Waals surface area contributed by atoms with E-state index in [4.69, 9.17) is 0 Å². The first-order chi connectivity index (χ1) is 9.08. The van der Waals surface area contributed by atoms with Crippen LogP contribution < -0.4 is 5.32 Å². The van der Waals surface area contributed by atoms with E-state index >= 15 is 0 Å². The van der Waals surface area contributed by atoms with Gasteiger partial charge in [-0.05, 0) is 25.0 Å². The van der Waals surface area contributed by atoms with Gasteiger partial charge in [0.1, 0.15) is 5.75 Å². The molecule has 1 heterocycles. The number of carbonyl (C=O) groups is 2. The predicted molar refractivity (Wildman–Crippen MR) is 70.8 cm³/mol. The quantitative estimate of drug-likeness (QED) is 0.839. The van der Waals surface area contributed by atoms with Crippen LogP contribution in [0.15, 0.2) is 24.3 Å². The molecule has 1 fully saturated rings. The summed E-state index contributed by atoms with van der Waals surface area (Å²) in [4.78, 5) is 25.0. The summed E-state index contributed by atoms with van der Waals surface area (Å²) in [6.07, 6.45) is 1.50. The van der Waals surface area contributed by atoms with Crippen LogP contribution in [0.4, 0.5) is 0 Å². The Morgan fingerprint density at radius 3 is 2.47 bits per heavy atom. The number of aromatic hydroxyl groups is 1. The number of para-hydroxylation sites is 1. The molecule has 1 aliphatic rings. The summed E-state index contributed by atoms with van der Waals surface area (Å²) in [7, 11) is 0. The second-order valence-corrected chi connectivity index (χ2v) is 4.77. The Kier molecular flexibility index (Phi) is 4.04. The van der Waals surface area contributed by atoms with E-state index in [1.807, 2.05) is 0 Å². The fourth-order valence-electron chi connectivity index (χ4n) is 2.27. The molecule has 0 aliphatic carbocycles. The van der Waals surface area contributed by atoms with Crippen LogP contribution in [0.5, 0.6) is 5.75 Å². The number of hydrogen-bond donors (Lipinski definition) is 2. The van der Waals surface area contributed by atoms with Gasteiger partial charge in [-0.3, -0.25) is 9.59 Å². The van der Waals surface area contributed by atoms with Crippen molar-refractivity contribution in [3.05, 3.63) is 29.8 Å². The summed E-state index contributed by atoms with van der Waals surface area (Å²) >= 11 is 0. The minimum absolute atomic E-state index is 0.0128. The first-order valence-electron chi connectivity index (χ1n) is 6.42. The minimum atomic E-state index is -0.264. The molecule has 0 atom stereocenters. The van der Waals surface area contributed by atoms with Crippen molar-refractivity contribution < 1.29 is 14.7 Å². The maximum Gasteiger partial charge on any atom is 0.255 e. The SMILES string of the molecule is CC(=O)N1CCC(NC(=O)c2ccccc2O)CC1. The van der Waals surface area contributed by atoms with Crippen molar-refractivity contribution in [2.24, 2.45) is 0 Å². The molecule has 1 aromatic rings. The molecular weight excluding hydrogens is 244 g/mol. The zero-order chi connectivity index (χ0) is 13.8. The molecule has 5 nitrogen and oxygen atoms in total. The lowest BCUT2D eigenvalue weighted by atomic mass is 10.0. The number of phenolic OH excluding ortho intramolecular Hbond substituents is 1. The van der Waals surface area contributed by atoms with Crippen molar-refractivity contribution in [1.82, 2.24) is 10.2 Å². The number of likely N-dealkylation sites (tertiary alicyclic amines) is 1. The van der Waals surface area contributed by atoms with E-state index in [1.54, 1.807) is 30.0 Å². The van der Waals surface area contributed by atoms with Crippen molar-refractivity contribution in [2.75, 3.05) is 13.1 Å². The van der Waals surface area contributed by atoms with Gasteiger partial charge in [-0.1, -0.05) is 12.1 Å². The van der Waals surface area contributed by atoms with E-state index < -0.39 is 0 Å². The second kappa shape index (κ2) is 5.73. The number of nitrogens with zero attached hydrogens (tertiary/aromatic N) is 1. The molecule has 102 valence electrons. The number of piperidine rings is 1. The Morgan fingerprint density at radius 2 is 1.89 bits per heavy atom. The Balaban J connectivity index is 1.91. The third-order valence-corrected chi connectivity index (χ3v) is 3.42. The number of benzene rings is 1. The molecule has 2 N–H and O–H groups in total. The molecule has 2 amide bonds. The van der Waals surface area contributed by atoms with Gasteiger partial charge in [-0.15, -0.1) is 0 Å². The van der Waals surface area contributed by atoms with E-state index in [9.17, 15) is 14.7 Å². The van der Waals surface area contributed by atoms with Crippen LogP contribution in [-0.4, -0.2) is 41.0 Å². The number of phenols is 1. The average Bonchev–Trinajstić information content (AvgIpc) is 2.39. The lowest BCUT2D eigenvalue weighted by molar-refractivity contribution is -0.129. The van der Waals surface area contributed by atoms with E-state index in [2.05, 4.69) is 5.32 Å². The summed E-state index contributed by atoms with van der Waals surface area (Å²) < 4.78 is 0. The molecule has 0 unspecified atom stereocenters. The van der Waals surface area contributed by atoms with Crippen molar-refractivity contribution in [1.29, 1.82) is 0 Å². The predicted octanol–water partition coefficient (Wildman–Crippen LogP) is 1.13. The number of rotatable bonds is 2. The lowest BCUT2D eigenvalue weighted by Gasteiger charge is -2.31. The smallest absolute Gasteiger partial charge is 0.255 e. The summed E-state index contributed by atoms with van der Waals surface area (Å²) in [5, 5.41) is 12.5. The van der Waals surface area contributed by atoms with Crippen LogP contribution in [-0.2, 0) is 4.79 Å². The summed E-state index contributed by atoms with van der Waals surface area (Å²) in [5.41, 5.74) is 0.288. The van der Waals surface area contributed by atoms with Gasteiger partial charge in [0.15, 0.2) is 0 Å². The van der Waals surface area contributed by atoms with Crippen molar-refractivity contribution in [3.8, 4) is 5.75 Å². The first kappa shape index (κ1) is 13.4. The molecule has 2 rings (SSSR count). The maximum atomic E-state index is 12.0. The van der Waals surface area contributed by atoms with Gasteiger partial charge < -0.3 is 15.3 Å². The van der Waals surface area contributed by atoms with Gasteiger partial charge >= 0.3 is 0 Å². The van der Waals surface area contributed by atoms with Crippen LogP contribution in [0, 0.1) is 0 Å². The van der Waals surface area contributed by atoms with E-state index in [0.29, 0.717) is 13.1 Å². The number of hydrogen-bond acceptors (Lipinski definition) is 3. The molecule has 1 saturated heterocycles. The molecule has 1 aliphatic heterocycles. The molecule has 0 saturated carbocycles. The van der Waals surface area contributed by atoms with Gasteiger partial charge in [0, 0.05) is 26.1 Å². The van der Waals surface area contributed by atoms with Gasteiger partial charge in [-0.2, -0.15) is 0 Å². The van der Waals surface area contributed by atoms with Gasteiger partial charge in [0.25, 0.3) is 5.91 Å². The minimum Gasteiger partial charge on any atom is -0.507 e. The summed E-state index contributed by atoms with van der Waals surface area (Å²) in [5.74, 6) is -0.203. The summed E-state index contributed by atoms with van der Waals surface area (Å²) in [6, 6.07) is 6.54. The fraction of sp³-hybridized carbons (Fsp3) is 0.429. The topological polar surface area (TPSA) is 69.6 Å². The molecule has 1 aromatic carbocycles. The number of nitrogens with one attached hydrogen (secondary N) is 1. The van der Waals surface area contributed by atoms with Crippen molar-refractivity contribution >= 4 is 11.8 Å². The Bertz CT molecular complexity index is 479. The Labute approximate surface area is 112 Å². The Hall–Kier alpha value is -2.04. The van der Waals surface area contributed by atoms with Crippen LogP contribution in [0.3, 0.4) is 0 Å². The van der Waals surface area contributed by atoms with Crippen LogP contribution in [0.2, 0.25) is 0 Å². The highest BCUT2D eigenvalue weighted by molar-refractivity contribution is 5.96. The molecule has 5 heteroatoms. The first-order valence-corrected chi connectivity index (χ1v) is 6.42. The van der Waals surface area contributed by atoms with Crippen LogP contribution in [0.25, 0.3) is 0 Å². The zero-order valence-corrected chi connectivity index (χ0v) is 10.9. The second-order valence-electron chi connectivity index (χ2n) is 4.77. The normalized spacial score (nSPS) is 16.2. The van der Waals surface area contributed by atoms with Crippen molar-refractivity contribution in [3.63, 3.8) is 0 Å². The van der Waals surface area contributed by atoms with E-state index in [1.165, 1.54) is 6.07 Å². The number of amides is 2. The highest BCUT2D eigenvalue weighted by atomic mass is 16.3. The fourth-order valence-corrected chi connectivity index (χ4v) is 2.27. The largest absolute Gasteiger partial charge is 0.507 e. The van der Waals surface area contributed by atoms with Crippen LogP contribution in [0.1, 0.15) is 30.1 Å². The number of carbonyl (C=O) groups excluding carboxylic acids is 2. The molecular formula is C14H18N2O3. The average molecular weight is 262 g/mol. The zero-order valence-electron chi connectivity index (χ0n) is 10.9. The van der Waals surface area contributed by atoms with Crippen LogP contribution >= 0.6 is 0 Å². The van der Waals surface area contributed by atoms with Crippen molar-refractivity contribution in [2.45, 2.75) is 25.8 Å². The molecule has 0 aromatic heterocycles. The molecule has 0 bridgehead atoms. The van der Waals surface area contributed by atoms with Gasteiger partial charge in [-0.25, -0.2) is 0 Å². The highest BCUT2D eigenvalue weighted by Gasteiger charge is 2.22. The monoisotopic (exact) mass is 262 g/mol. The maximum absolute atomic E-state index is 12.0. The highest BCUT2D eigenvalue weighted by Crippen LogP contribution is 2.17. The molecule has 0 radical (unpaired) electrons. The molecule has 19 heavy (non-hydrogen) atoms. The van der Waals surface area contributed by atoms with Gasteiger partial charge in [0.05, 0.1) is 5.56 Å². The summed E-state index contributed by atoms with van der Waals surface area (Å²) in [6.45, 7) is 2.89. The van der Waals surface area contributed by atoms with E-state index in [0.717, 1.165) is 12.8 Å². The lowest BCUT2D eigenvalue weighted by Crippen LogP contribution is -2.46. The third-order valence-electron chi connectivity index (χ3n) is 3.42. The standard InChI is InChI=1S/C14H18N2O3/c1-10(17)16-8-6-11(7-9-16)15-14(19)12-4-2-3-5-13(12)18/h2-5,11,18H,6-9H2,1H3,(H,15,19). The Morgan fingerprint density at radius 1 is 1.26 bits per heavy atom. The van der Waals surface area contributed by atoms with Gasteiger partial charge in [0.2, 0.25) is 5.91 Å². The third kappa shape index (κ3) is 3.24. The molecule has 0 spiro atoms.